The summed E-state index contributed by atoms with van der Waals surface area (Å²) in [6, 6.07) is 13.6. The summed E-state index contributed by atoms with van der Waals surface area (Å²) in [5, 5.41) is 12.2. The van der Waals surface area contributed by atoms with Crippen molar-refractivity contribution in [2.45, 2.75) is 31.0 Å². The number of nitrogens with zero attached hydrogens (tertiary/aromatic N) is 1. The zero-order valence-electron chi connectivity index (χ0n) is 21.2. The molecule has 38 heavy (non-hydrogen) atoms. The summed E-state index contributed by atoms with van der Waals surface area (Å²) in [5.74, 6) is -0.911. The third kappa shape index (κ3) is 5.78. The Bertz CT molecular complexity index is 1310. The Morgan fingerprint density at radius 2 is 1.74 bits per heavy atom. The SMILES string of the molecule is COc1ccc(C(=O)CCN2CCC3(C2)NCCc2c3[nH]c3ccc(OC)cc23)cc1.O=C(O)C(F)(F)F. The number of hydrogen-bond acceptors (Lipinski definition) is 6. The fourth-order valence-electron chi connectivity index (χ4n) is 5.15. The van der Waals surface area contributed by atoms with Crippen molar-refractivity contribution >= 4 is 22.7 Å². The molecule has 0 aliphatic carbocycles. The zero-order valence-corrected chi connectivity index (χ0v) is 21.2. The van der Waals surface area contributed by atoms with E-state index in [0.29, 0.717) is 6.42 Å². The molecule has 8 nitrogen and oxygen atoms in total. The van der Waals surface area contributed by atoms with Crippen LogP contribution in [0.2, 0.25) is 0 Å². The number of hydrogen-bond donors (Lipinski definition) is 3. The van der Waals surface area contributed by atoms with Crippen molar-refractivity contribution in [3.63, 3.8) is 0 Å². The van der Waals surface area contributed by atoms with Gasteiger partial charge in [-0.3, -0.25) is 4.79 Å². The predicted molar refractivity (Wildman–Crippen MR) is 135 cm³/mol. The number of benzene rings is 2. The monoisotopic (exact) mass is 533 g/mol. The van der Waals surface area contributed by atoms with Gasteiger partial charge in [0.05, 0.1) is 19.8 Å². The summed E-state index contributed by atoms with van der Waals surface area (Å²) in [7, 11) is 3.35. The molecular formula is C27H30F3N3O5. The van der Waals surface area contributed by atoms with Crippen LogP contribution in [0.25, 0.3) is 10.9 Å². The van der Waals surface area contributed by atoms with Gasteiger partial charge in [-0.15, -0.1) is 0 Å². The Morgan fingerprint density at radius 3 is 2.37 bits per heavy atom. The van der Waals surface area contributed by atoms with Gasteiger partial charge in [-0.05, 0) is 60.9 Å². The molecule has 1 fully saturated rings. The first kappa shape index (κ1) is 27.5. The molecule has 0 radical (unpaired) electrons. The molecule has 5 rings (SSSR count). The molecule has 204 valence electrons. The van der Waals surface area contributed by atoms with Crippen LogP contribution in [0, 0.1) is 0 Å². The Labute approximate surface area is 217 Å². The summed E-state index contributed by atoms with van der Waals surface area (Å²) in [5.41, 5.74) is 4.57. The molecule has 2 aromatic carbocycles. The number of carboxylic acid groups (broad SMARTS) is 1. The number of H-pyrrole nitrogens is 1. The van der Waals surface area contributed by atoms with Gasteiger partial charge in [0.2, 0.25) is 0 Å². The first-order chi connectivity index (χ1) is 18.1. The van der Waals surface area contributed by atoms with Crippen LogP contribution in [-0.2, 0) is 16.8 Å². The van der Waals surface area contributed by atoms with Crippen LogP contribution < -0.4 is 14.8 Å². The summed E-state index contributed by atoms with van der Waals surface area (Å²) in [4.78, 5) is 27.7. The van der Waals surface area contributed by atoms with E-state index in [1.165, 1.54) is 22.2 Å². The lowest BCUT2D eigenvalue weighted by Gasteiger charge is -2.35. The third-order valence-corrected chi connectivity index (χ3v) is 7.09. The number of likely N-dealkylation sites (tertiary alicyclic amines) is 1. The molecule has 2 aliphatic rings. The molecule has 11 heteroatoms. The van der Waals surface area contributed by atoms with Gasteiger partial charge in [-0.1, -0.05) is 0 Å². The second kappa shape index (κ2) is 11.0. The number of aliphatic carboxylic acids is 1. The van der Waals surface area contributed by atoms with Gasteiger partial charge >= 0.3 is 12.1 Å². The van der Waals surface area contributed by atoms with E-state index in [9.17, 15) is 18.0 Å². The van der Waals surface area contributed by atoms with Crippen LogP contribution in [0.5, 0.6) is 11.5 Å². The molecule has 3 heterocycles. The Hall–Kier alpha value is -3.57. The quantitative estimate of drug-likeness (QED) is 0.409. The van der Waals surface area contributed by atoms with E-state index in [-0.39, 0.29) is 11.3 Å². The first-order valence-corrected chi connectivity index (χ1v) is 12.2. The molecule has 0 saturated carbocycles. The number of ether oxygens (including phenoxy) is 2. The standard InChI is InChI=1S/C25H29N3O3.C2HF3O2/c1-30-18-5-3-17(4-6-18)23(29)10-13-28-14-11-25(16-28)24-20(9-12-26-25)21-15-19(31-2)7-8-22(21)27-24;3-2(4,5)1(6)7/h3-8,15,26-27H,9-14,16H2,1-2H3;(H,6,7). The van der Waals surface area contributed by atoms with Crippen molar-refractivity contribution in [1.82, 2.24) is 15.2 Å². The highest BCUT2D eigenvalue weighted by molar-refractivity contribution is 5.96. The van der Waals surface area contributed by atoms with Crippen molar-refractivity contribution in [3.8, 4) is 11.5 Å². The lowest BCUT2D eigenvalue weighted by atomic mass is 9.86. The lowest BCUT2D eigenvalue weighted by molar-refractivity contribution is -0.192. The van der Waals surface area contributed by atoms with Crippen LogP contribution >= 0.6 is 0 Å². The minimum atomic E-state index is -5.08. The smallest absolute Gasteiger partial charge is 0.490 e. The molecule has 3 aromatic rings. The number of methoxy groups -OCH3 is 2. The predicted octanol–water partition coefficient (Wildman–Crippen LogP) is 4.14. The molecule has 1 atom stereocenters. The van der Waals surface area contributed by atoms with Crippen molar-refractivity contribution in [2.75, 3.05) is 40.4 Å². The molecule has 0 bridgehead atoms. The first-order valence-electron chi connectivity index (χ1n) is 12.2. The number of carboxylic acids is 1. The third-order valence-electron chi connectivity index (χ3n) is 7.09. The van der Waals surface area contributed by atoms with E-state index < -0.39 is 12.1 Å². The molecule has 2 aliphatic heterocycles. The topological polar surface area (TPSA) is 104 Å². The van der Waals surface area contributed by atoms with E-state index in [1.54, 1.807) is 14.2 Å². The van der Waals surface area contributed by atoms with Gasteiger partial charge < -0.3 is 29.8 Å². The Morgan fingerprint density at radius 1 is 1.08 bits per heavy atom. The van der Waals surface area contributed by atoms with Gasteiger partial charge in [0, 0.05) is 54.8 Å². The molecule has 3 N–H and O–H groups in total. The van der Waals surface area contributed by atoms with E-state index >= 15 is 0 Å². The molecule has 1 unspecified atom stereocenters. The van der Waals surface area contributed by atoms with Crippen LogP contribution in [-0.4, -0.2) is 73.3 Å². The number of fused-ring (bicyclic) bond motifs is 4. The maximum Gasteiger partial charge on any atom is 0.490 e. The summed E-state index contributed by atoms with van der Waals surface area (Å²) < 4.78 is 42.4. The fraction of sp³-hybridized carbons (Fsp3) is 0.407. The van der Waals surface area contributed by atoms with Gasteiger partial charge in [-0.25, -0.2) is 4.79 Å². The number of halogens is 3. The highest BCUT2D eigenvalue weighted by Gasteiger charge is 2.44. The second-order valence-electron chi connectivity index (χ2n) is 9.38. The van der Waals surface area contributed by atoms with Gasteiger partial charge in [0.15, 0.2) is 5.78 Å². The number of Topliss-reactive ketones (excluding diaryl/α,β-unsaturated/α-hetero) is 1. The summed E-state index contributed by atoms with van der Waals surface area (Å²) >= 11 is 0. The largest absolute Gasteiger partial charge is 0.497 e. The maximum atomic E-state index is 12.6. The number of alkyl halides is 3. The molecule has 0 amide bonds. The van der Waals surface area contributed by atoms with E-state index in [1.807, 2.05) is 30.3 Å². The average Bonchev–Trinajstić information content (AvgIpc) is 3.49. The van der Waals surface area contributed by atoms with Crippen LogP contribution in [0.3, 0.4) is 0 Å². The summed E-state index contributed by atoms with van der Waals surface area (Å²) in [6.07, 6.45) is -2.50. The highest BCUT2D eigenvalue weighted by atomic mass is 19.4. The van der Waals surface area contributed by atoms with Crippen LogP contribution in [0.4, 0.5) is 13.2 Å². The van der Waals surface area contributed by atoms with Crippen LogP contribution in [0.15, 0.2) is 42.5 Å². The normalized spacial score (nSPS) is 19.1. The molecular weight excluding hydrogens is 503 g/mol. The Kier molecular flexibility index (Phi) is 7.98. The summed E-state index contributed by atoms with van der Waals surface area (Å²) in [6.45, 7) is 3.65. The zero-order chi connectivity index (χ0) is 27.5. The van der Waals surface area contributed by atoms with Crippen molar-refractivity contribution in [1.29, 1.82) is 0 Å². The Balaban J connectivity index is 0.000000426. The van der Waals surface area contributed by atoms with Crippen molar-refractivity contribution in [3.05, 3.63) is 59.3 Å². The number of aromatic amines is 1. The minimum absolute atomic E-state index is 0.0665. The second-order valence-corrected chi connectivity index (χ2v) is 9.38. The van der Waals surface area contributed by atoms with Gasteiger partial charge in [-0.2, -0.15) is 13.2 Å². The van der Waals surface area contributed by atoms with E-state index in [0.717, 1.165) is 56.1 Å². The van der Waals surface area contributed by atoms with E-state index in [2.05, 4.69) is 27.3 Å². The molecule has 1 spiro atoms. The average molecular weight is 534 g/mol. The minimum Gasteiger partial charge on any atom is -0.497 e. The number of carbonyl (C=O) groups is 2. The van der Waals surface area contributed by atoms with E-state index in [4.69, 9.17) is 19.4 Å². The number of rotatable bonds is 6. The number of nitrogens with one attached hydrogen (secondary N) is 2. The number of carbonyl (C=O) groups excluding carboxylic acids is 1. The molecule has 1 aromatic heterocycles. The van der Waals surface area contributed by atoms with Crippen LogP contribution in [0.1, 0.15) is 34.5 Å². The number of ketones is 1. The fourth-order valence-corrected chi connectivity index (χ4v) is 5.15. The van der Waals surface area contributed by atoms with Crippen molar-refractivity contribution < 1.29 is 37.3 Å². The highest BCUT2D eigenvalue weighted by Crippen LogP contribution is 2.40. The molecule has 1 saturated heterocycles. The lowest BCUT2D eigenvalue weighted by Crippen LogP contribution is -2.49. The van der Waals surface area contributed by atoms with Gasteiger partial charge in [0.25, 0.3) is 0 Å². The van der Waals surface area contributed by atoms with Gasteiger partial charge in [0.1, 0.15) is 11.5 Å². The maximum absolute atomic E-state index is 12.6. The van der Waals surface area contributed by atoms with Crippen molar-refractivity contribution in [2.24, 2.45) is 0 Å². The number of aromatic nitrogens is 1.